The number of barbiturate groups is 1. The number of aromatic amines is 1. The molecule has 1 aliphatic rings. The molecular formula is C16H14N6O4. The Bertz CT molecular complexity index is 947. The molecule has 1 saturated heterocycles. The normalized spacial score (nSPS) is 17.6. The summed E-state index contributed by atoms with van der Waals surface area (Å²) in [5, 5.41) is 5.71. The first-order chi connectivity index (χ1) is 12.5. The number of amides is 5. The maximum atomic E-state index is 12.2. The third-order valence-electron chi connectivity index (χ3n) is 3.67. The molecule has 1 unspecified atom stereocenters. The summed E-state index contributed by atoms with van der Waals surface area (Å²) in [6, 6.07) is 4.01. The number of fused-ring (bicyclic) bond motifs is 1. The lowest BCUT2D eigenvalue weighted by Crippen LogP contribution is -2.58. The Morgan fingerprint density at radius 1 is 1.38 bits per heavy atom. The van der Waals surface area contributed by atoms with Crippen LogP contribution in [0, 0.1) is 5.92 Å². The van der Waals surface area contributed by atoms with Gasteiger partial charge in [0.05, 0.1) is 17.4 Å². The molecule has 5 amide bonds. The van der Waals surface area contributed by atoms with E-state index < -0.39 is 29.7 Å². The number of hydrogen-bond donors (Lipinski definition) is 3. The van der Waals surface area contributed by atoms with Crippen LogP contribution in [0.25, 0.3) is 11.0 Å². The van der Waals surface area contributed by atoms with Gasteiger partial charge in [-0.2, -0.15) is 5.10 Å². The van der Waals surface area contributed by atoms with E-state index in [4.69, 9.17) is 0 Å². The van der Waals surface area contributed by atoms with Crippen molar-refractivity contribution in [3.8, 4) is 0 Å². The Kier molecular flexibility index (Phi) is 4.56. The van der Waals surface area contributed by atoms with Gasteiger partial charge in [-0.1, -0.05) is 6.08 Å². The molecule has 26 heavy (non-hydrogen) atoms. The third-order valence-corrected chi connectivity index (χ3v) is 3.67. The van der Waals surface area contributed by atoms with Gasteiger partial charge in [0.15, 0.2) is 5.92 Å². The fourth-order valence-electron chi connectivity index (χ4n) is 2.38. The molecule has 2 aromatic rings. The first-order valence-electron chi connectivity index (χ1n) is 7.55. The Morgan fingerprint density at radius 3 is 2.96 bits per heavy atom. The number of imidazole rings is 1. The van der Waals surface area contributed by atoms with E-state index in [0.29, 0.717) is 16.6 Å². The Labute approximate surface area is 147 Å². The minimum atomic E-state index is -1.32. The molecule has 0 saturated carbocycles. The lowest BCUT2D eigenvalue weighted by atomic mass is 10.1. The number of aromatic nitrogens is 2. The van der Waals surface area contributed by atoms with Crippen LogP contribution in [0.15, 0.2) is 42.3 Å². The summed E-state index contributed by atoms with van der Waals surface area (Å²) in [7, 11) is 0. The number of hydrazone groups is 1. The minimum Gasteiger partial charge on any atom is -0.345 e. The van der Waals surface area contributed by atoms with Crippen LogP contribution in [0.1, 0.15) is 10.4 Å². The monoisotopic (exact) mass is 354 g/mol. The van der Waals surface area contributed by atoms with Crippen LogP contribution in [-0.2, 0) is 9.59 Å². The molecule has 1 aromatic carbocycles. The number of benzene rings is 1. The fourth-order valence-corrected chi connectivity index (χ4v) is 2.38. The zero-order chi connectivity index (χ0) is 18.7. The smallest absolute Gasteiger partial charge is 0.331 e. The van der Waals surface area contributed by atoms with Gasteiger partial charge in [0.1, 0.15) is 0 Å². The Balaban J connectivity index is 1.69. The predicted octanol–water partition coefficient (Wildman–Crippen LogP) is 0.159. The highest BCUT2D eigenvalue weighted by Gasteiger charge is 2.38. The van der Waals surface area contributed by atoms with E-state index in [-0.39, 0.29) is 6.54 Å². The van der Waals surface area contributed by atoms with Gasteiger partial charge in [-0.25, -0.2) is 15.2 Å². The number of nitrogens with one attached hydrogen (secondary N) is 3. The van der Waals surface area contributed by atoms with Crippen molar-refractivity contribution in [1.29, 1.82) is 0 Å². The van der Waals surface area contributed by atoms with E-state index in [1.807, 2.05) is 5.32 Å². The number of carbonyl (C=O) groups is 4. The van der Waals surface area contributed by atoms with Crippen molar-refractivity contribution in [2.45, 2.75) is 0 Å². The van der Waals surface area contributed by atoms with Gasteiger partial charge in [-0.3, -0.25) is 24.6 Å². The largest absolute Gasteiger partial charge is 0.345 e. The van der Waals surface area contributed by atoms with Gasteiger partial charge in [-0.15, -0.1) is 6.58 Å². The Morgan fingerprint density at radius 2 is 2.19 bits per heavy atom. The fraction of sp³-hybridized carbons (Fsp3) is 0.125. The molecule has 2 heterocycles. The number of rotatable bonds is 5. The highest BCUT2D eigenvalue weighted by atomic mass is 16.2. The molecule has 0 radical (unpaired) electrons. The summed E-state index contributed by atoms with van der Waals surface area (Å²) in [6.45, 7) is 3.41. The molecule has 132 valence electrons. The lowest BCUT2D eigenvalue weighted by molar-refractivity contribution is -0.138. The molecule has 10 nitrogen and oxygen atoms in total. The van der Waals surface area contributed by atoms with Gasteiger partial charge in [0, 0.05) is 18.3 Å². The van der Waals surface area contributed by atoms with Crippen molar-refractivity contribution >= 4 is 41.0 Å². The van der Waals surface area contributed by atoms with E-state index in [9.17, 15) is 19.2 Å². The minimum absolute atomic E-state index is 0.0428. The zero-order valence-corrected chi connectivity index (χ0v) is 13.4. The van der Waals surface area contributed by atoms with E-state index in [1.54, 1.807) is 18.2 Å². The summed E-state index contributed by atoms with van der Waals surface area (Å²) >= 11 is 0. The maximum absolute atomic E-state index is 12.2. The highest BCUT2D eigenvalue weighted by molar-refractivity contribution is 6.23. The van der Waals surface area contributed by atoms with E-state index in [0.717, 1.165) is 11.1 Å². The second-order valence-electron chi connectivity index (χ2n) is 5.36. The summed E-state index contributed by atoms with van der Waals surface area (Å²) in [5.41, 5.74) is 3.96. The molecule has 0 aliphatic carbocycles. The van der Waals surface area contributed by atoms with Crippen molar-refractivity contribution in [2.24, 2.45) is 11.0 Å². The molecule has 10 heteroatoms. The van der Waals surface area contributed by atoms with Crippen LogP contribution in [-0.4, -0.2) is 51.4 Å². The molecule has 1 aromatic heterocycles. The average Bonchev–Trinajstić information content (AvgIpc) is 3.09. The van der Waals surface area contributed by atoms with Gasteiger partial charge in [0.2, 0.25) is 11.8 Å². The van der Waals surface area contributed by atoms with Crippen LogP contribution >= 0.6 is 0 Å². The van der Waals surface area contributed by atoms with Crippen molar-refractivity contribution in [3.05, 3.63) is 42.7 Å². The SMILES string of the molecule is C=CCN1C(=O)NC(=O)C(C=NNC(=O)c2ccc3nc[nH]c3c2)C1=O. The summed E-state index contributed by atoms with van der Waals surface area (Å²) in [5.74, 6) is -3.39. The molecule has 1 atom stereocenters. The third kappa shape index (κ3) is 3.20. The number of urea groups is 1. The standard InChI is InChI=1S/C16H14N6O4/c1-2-5-22-15(25)10(14(24)20-16(22)26)7-19-21-13(23)9-3-4-11-12(6-9)18-8-17-11/h2-4,6-8,10H,1,5H2,(H,17,18)(H,21,23)(H,20,24,26). The number of imide groups is 2. The van der Waals surface area contributed by atoms with E-state index in [1.165, 1.54) is 12.4 Å². The van der Waals surface area contributed by atoms with Crippen LogP contribution in [0.4, 0.5) is 4.79 Å². The second-order valence-corrected chi connectivity index (χ2v) is 5.36. The predicted molar refractivity (Wildman–Crippen MR) is 91.0 cm³/mol. The summed E-state index contributed by atoms with van der Waals surface area (Å²) < 4.78 is 0. The van der Waals surface area contributed by atoms with Crippen molar-refractivity contribution in [1.82, 2.24) is 25.6 Å². The molecule has 3 N–H and O–H groups in total. The van der Waals surface area contributed by atoms with E-state index in [2.05, 4.69) is 27.1 Å². The van der Waals surface area contributed by atoms with Crippen molar-refractivity contribution in [3.63, 3.8) is 0 Å². The maximum Gasteiger partial charge on any atom is 0.331 e. The number of hydrogen-bond acceptors (Lipinski definition) is 6. The molecule has 3 rings (SSSR count). The van der Waals surface area contributed by atoms with Gasteiger partial charge in [0.25, 0.3) is 5.91 Å². The van der Waals surface area contributed by atoms with E-state index >= 15 is 0 Å². The van der Waals surface area contributed by atoms with Crippen LogP contribution in [0.2, 0.25) is 0 Å². The zero-order valence-electron chi connectivity index (χ0n) is 13.4. The first kappa shape index (κ1) is 17.0. The van der Waals surface area contributed by atoms with Crippen molar-refractivity contribution in [2.75, 3.05) is 6.54 Å². The molecular weight excluding hydrogens is 340 g/mol. The molecule has 1 aliphatic heterocycles. The number of H-pyrrole nitrogens is 1. The quantitative estimate of drug-likeness (QED) is 0.304. The first-order valence-corrected chi connectivity index (χ1v) is 7.55. The van der Waals surface area contributed by atoms with Crippen LogP contribution < -0.4 is 10.7 Å². The van der Waals surface area contributed by atoms with Crippen molar-refractivity contribution < 1.29 is 19.2 Å². The Hall–Kier alpha value is -3.82. The number of carbonyl (C=O) groups excluding carboxylic acids is 4. The number of nitrogens with zero attached hydrogens (tertiary/aromatic N) is 3. The van der Waals surface area contributed by atoms with Gasteiger partial charge >= 0.3 is 6.03 Å². The summed E-state index contributed by atoms with van der Waals surface area (Å²) in [6.07, 6.45) is 3.84. The molecule has 0 bridgehead atoms. The highest BCUT2D eigenvalue weighted by Crippen LogP contribution is 2.12. The molecule has 1 fully saturated rings. The second kappa shape index (κ2) is 6.97. The van der Waals surface area contributed by atoms with Gasteiger partial charge in [-0.05, 0) is 18.2 Å². The topological polar surface area (TPSA) is 137 Å². The van der Waals surface area contributed by atoms with Crippen LogP contribution in [0.5, 0.6) is 0 Å². The molecule has 0 spiro atoms. The lowest BCUT2D eigenvalue weighted by Gasteiger charge is -2.27. The van der Waals surface area contributed by atoms with Gasteiger partial charge < -0.3 is 4.98 Å². The average molecular weight is 354 g/mol. The summed E-state index contributed by atoms with van der Waals surface area (Å²) in [4.78, 5) is 55.5. The van der Waals surface area contributed by atoms with Crippen LogP contribution in [0.3, 0.4) is 0 Å².